The average Bonchev–Trinajstić information content (AvgIpc) is 2.33. The summed E-state index contributed by atoms with van der Waals surface area (Å²) in [6.07, 6.45) is -1.51. The molecular weight excluding hydrogens is 148 g/mol. The van der Waals surface area contributed by atoms with Gasteiger partial charge in [0.1, 0.15) is 0 Å². The number of hydrogen-bond donors (Lipinski definition) is 3. The molecule has 4 nitrogen and oxygen atoms in total. The van der Waals surface area contributed by atoms with Gasteiger partial charge in [0.15, 0.2) is 6.29 Å². The van der Waals surface area contributed by atoms with E-state index in [2.05, 4.69) is 0 Å². The molecule has 1 rings (SSSR count). The number of aliphatic hydroxyl groups excluding tert-OH is 1. The van der Waals surface area contributed by atoms with E-state index in [1.165, 1.54) is 0 Å². The second-order valence-corrected chi connectivity index (χ2v) is 3.58. The molecule has 3 N–H and O–H groups in total. The van der Waals surface area contributed by atoms with Crippen molar-refractivity contribution in [1.29, 1.82) is 0 Å². The first kappa shape index (κ1) is 8.49. The zero-order valence-electron chi connectivity index (χ0n) is 6.48. The Morgan fingerprint density at radius 3 is 2.00 bits per heavy atom. The molecule has 1 saturated carbocycles. The highest BCUT2D eigenvalue weighted by molar-refractivity contribution is 5.75. The minimum absolute atomic E-state index is 0.472. The highest BCUT2D eigenvalue weighted by Gasteiger charge is 2.65. The monoisotopic (exact) mass is 160 g/mol. The van der Waals surface area contributed by atoms with Gasteiger partial charge in [-0.2, -0.15) is 0 Å². The third-order valence-electron chi connectivity index (χ3n) is 2.50. The first-order valence-corrected chi connectivity index (χ1v) is 3.48. The first-order chi connectivity index (χ1) is 4.89. The van der Waals surface area contributed by atoms with Gasteiger partial charge in [0.05, 0.1) is 5.92 Å². The topological polar surface area (TPSA) is 77.8 Å². The van der Waals surface area contributed by atoms with Crippen LogP contribution in [0.2, 0.25) is 0 Å². The summed E-state index contributed by atoms with van der Waals surface area (Å²) in [7, 11) is 0. The average molecular weight is 160 g/mol. The van der Waals surface area contributed by atoms with Crippen molar-refractivity contribution in [3.63, 3.8) is 0 Å². The maximum atomic E-state index is 10.5. The molecule has 0 bridgehead atoms. The Kier molecular flexibility index (Phi) is 1.69. The normalized spacial score (nSPS) is 33.9. The second-order valence-electron chi connectivity index (χ2n) is 3.58. The van der Waals surface area contributed by atoms with Crippen LogP contribution in [0.15, 0.2) is 0 Å². The van der Waals surface area contributed by atoms with Gasteiger partial charge in [-0.15, -0.1) is 0 Å². The number of hydrogen-bond acceptors (Lipinski definition) is 3. The largest absolute Gasteiger partial charge is 0.481 e. The Morgan fingerprint density at radius 2 is 1.91 bits per heavy atom. The van der Waals surface area contributed by atoms with Gasteiger partial charge in [0.2, 0.25) is 0 Å². The van der Waals surface area contributed by atoms with Gasteiger partial charge in [0.25, 0.3) is 0 Å². The summed E-state index contributed by atoms with van der Waals surface area (Å²) in [5.41, 5.74) is -0.472. The minimum atomic E-state index is -1.51. The van der Waals surface area contributed by atoms with Gasteiger partial charge in [-0.05, 0) is 5.41 Å². The molecule has 2 atom stereocenters. The van der Waals surface area contributed by atoms with E-state index in [1.807, 2.05) is 0 Å². The summed E-state index contributed by atoms with van der Waals surface area (Å²) in [6, 6.07) is 0. The highest BCUT2D eigenvalue weighted by Crippen LogP contribution is 2.59. The predicted molar refractivity (Wildman–Crippen MR) is 36.6 cm³/mol. The fraction of sp³-hybridized carbons (Fsp3) is 0.857. The quantitative estimate of drug-likeness (QED) is 0.483. The zero-order chi connectivity index (χ0) is 8.81. The van der Waals surface area contributed by atoms with Crippen LogP contribution in [-0.2, 0) is 4.79 Å². The van der Waals surface area contributed by atoms with Crippen molar-refractivity contribution in [2.45, 2.75) is 20.1 Å². The van der Waals surface area contributed by atoms with E-state index >= 15 is 0 Å². The van der Waals surface area contributed by atoms with E-state index in [4.69, 9.17) is 15.3 Å². The number of aliphatic hydroxyl groups is 2. The van der Waals surface area contributed by atoms with E-state index in [-0.39, 0.29) is 0 Å². The molecule has 0 aromatic rings. The number of carboxylic acid groups (broad SMARTS) is 1. The number of carboxylic acids is 1. The van der Waals surface area contributed by atoms with Crippen molar-refractivity contribution in [2.24, 2.45) is 17.3 Å². The summed E-state index contributed by atoms with van der Waals surface area (Å²) < 4.78 is 0. The number of carbonyl (C=O) groups is 1. The molecule has 0 aromatic carbocycles. The van der Waals surface area contributed by atoms with Crippen molar-refractivity contribution in [2.75, 3.05) is 0 Å². The van der Waals surface area contributed by atoms with E-state index in [0.717, 1.165) is 0 Å². The standard InChI is InChI=1S/C7H12O4/c1-7(2)3(5(8)9)4(7)6(10)11/h3-5,8-9H,1-2H3,(H,10,11)/t3-,4?/m1/s1. The Labute approximate surface area is 64.5 Å². The van der Waals surface area contributed by atoms with Crippen LogP contribution >= 0.6 is 0 Å². The molecule has 0 aromatic heterocycles. The van der Waals surface area contributed by atoms with Gasteiger partial charge in [-0.1, -0.05) is 13.8 Å². The zero-order valence-corrected chi connectivity index (χ0v) is 6.48. The summed E-state index contributed by atoms with van der Waals surface area (Å²) in [6.45, 7) is 3.44. The maximum absolute atomic E-state index is 10.5. The third kappa shape index (κ3) is 1.12. The Hall–Kier alpha value is -0.610. The maximum Gasteiger partial charge on any atom is 0.307 e. The molecule has 1 fully saturated rings. The van der Waals surface area contributed by atoms with Crippen LogP contribution < -0.4 is 0 Å². The lowest BCUT2D eigenvalue weighted by Gasteiger charge is -2.02. The van der Waals surface area contributed by atoms with Gasteiger partial charge < -0.3 is 15.3 Å². The minimum Gasteiger partial charge on any atom is -0.481 e. The van der Waals surface area contributed by atoms with E-state index in [0.29, 0.717) is 0 Å². The highest BCUT2D eigenvalue weighted by atomic mass is 16.5. The number of rotatable bonds is 2. The van der Waals surface area contributed by atoms with Crippen molar-refractivity contribution in [1.82, 2.24) is 0 Å². The van der Waals surface area contributed by atoms with Crippen LogP contribution in [0.5, 0.6) is 0 Å². The summed E-state index contributed by atoms with van der Waals surface area (Å²) in [4.78, 5) is 10.5. The van der Waals surface area contributed by atoms with Crippen LogP contribution in [0, 0.1) is 17.3 Å². The van der Waals surface area contributed by atoms with Crippen molar-refractivity contribution >= 4 is 5.97 Å². The van der Waals surface area contributed by atoms with Crippen LogP contribution in [0.4, 0.5) is 0 Å². The summed E-state index contributed by atoms with van der Waals surface area (Å²) in [5, 5.41) is 26.1. The van der Waals surface area contributed by atoms with Crippen molar-refractivity contribution < 1.29 is 20.1 Å². The molecule has 0 heterocycles. The van der Waals surface area contributed by atoms with Crippen LogP contribution in [0.1, 0.15) is 13.8 Å². The predicted octanol–water partition coefficient (Wildman–Crippen LogP) is -0.346. The first-order valence-electron chi connectivity index (χ1n) is 3.48. The molecule has 64 valence electrons. The SMILES string of the molecule is CC1(C)C(C(=O)O)[C@@H]1C(O)O. The molecule has 0 spiro atoms. The van der Waals surface area contributed by atoms with Crippen molar-refractivity contribution in [3.05, 3.63) is 0 Å². The van der Waals surface area contributed by atoms with Crippen LogP contribution in [0.25, 0.3) is 0 Å². The lowest BCUT2D eigenvalue weighted by molar-refractivity contribution is -0.141. The Morgan fingerprint density at radius 1 is 1.45 bits per heavy atom. The molecule has 1 aliphatic carbocycles. The van der Waals surface area contributed by atoms with Crippen LogP contribution in [0.3, 0.4) is 0 Å². The van der Waals surface area contributed by atoms with E-state index < -0.39 is 29.5 Å². The smallest absolute Gasteiger partial charge is 0.307 e. The Balaban J connectivity index is 2.68. The van der Waals surface area contributed by atoms with Gasteiger partial charge in [-0.3, -0.25) is 4.79 Å². The number of aliphatic carboxylic acids is 1. The van der Waals surface area contributed by atoms with Gasteiger partial charge >= 0.3 is 5.97 Å². The third-order valence-corrected chi connectivity index (χ3v) is 2.50. The summed E-state index contributed by atoms with van der Waals surface area (Å²) in [5.74, 6) is -2.07. The lowest BCUT2D eigenvalue weighted by Crippen LogP contribution is -2.12. The lowest BCUT2D eigenvalue weighted by atomic mass is 10.1. The molecule has 4 heteroatoms. The molecule has 0 radical (unpaired) electrons. The molecule has 11 heavy (non-hydrogen) atoms. The molecule has 0 aliphatic heterocycles. The van der Waals surface area contributed by atoms with Crippen molar-refractivity contribution in [3.8, 4) is 0 Å². The molecular formula is C7H12O4. The summed E-state index contributed by atoms with van der Waals surface area (Å²) >= 11 is 0. The fourth-order valence-electron chi connectivity index (χ4n) is 1.71. The van der Waals surface area contributed by atoms with E-state index in [1.54, 1.807) is 13.8 Å². The second kappa shape index (κ2) is 2.19. The van der Waals surface area contributed by atoms with Gasteiger partial charge in [-0.25, -0.2) is 0 Å². The Bertz CT molecular complexity index is 185. The molecule has 0 amide bonds. The fourth-order valence-corrected chi connectivity index (χ4v) is 1.71. The van der Waals surface area contributed by atoms with Gasteiger partial charge in [0, 0.05) is 5.92 Å². The molecule has 0 saturated heterocycles. The molecule has 1 aliphatic rings. The van der Waals surface area contributed by atoms with Crippen LogP contribution in [-0.4, -0.2) is 27.6 Å². The molecule has 1 unspecified atom stereocenters. The van der Waals surface area contributed by atoms with E-state index in [9.17, 15) is 4.79 Å².